The fraction of sp³-hybridized carbons (Fsp3) is 0.500. The van der Waals surface area contributed by atoms with Crippen molar-refractivity contribution in [3.63, 3.8) is 0 Å². The summed E-state index contributed by atoms with van der Waals surface area (Å²) in [7, 11) is 1.32. The van der Waals surface area contributed by atoms with Gasteiger partial charge in [0.1, 0.15) is 5.69 Å². The van der Waals surface area contributed by atoms with E-state index in [-0.39, 0.29) is 13.2 Å². The van der Waals surface area contributed by atoms with Crippen LogP contribution in [0, 0.1) is 0 Å². The Morgan fingerprint density at radius 3 is 2.94 bits per heavy atom. The van der Waals surface area contributed by atoms with Crippen LogP contribution in [-0.2, 0) is 16.0 Å². The molecule has 0 atom stereocenters. The van der Waals surface area contributed by atoms with E-state index in [1.165, 1.54) is 7.11 Å². The second-order valence-electron chi connectivity index (χ2n) is 3.18. The van der Waals surface area contributed by atoms with Crippen LogP contribution in [0.15, 0.2) is 12.3 Å². The van der Waals surface area contributed by atoms with Gasteiger partial charge in [0.25, 0.3) is 0 Å². The van der Waals surface area contributed by atoms with Crippen LogP contribution in [0.1, 0.15) is 10.5 Å². The first kappa shape index (κ1) is 12.5. The highest BCUT2D eigenvalue weighted by molar-refractivity contribution is 5.88. The average molecular weight is 228 g/mol. The number of aliphatic hydroxyl groups excluding tert-OH is 1. The van der Waals surface area contributed by atoms with Crippen molar-refractivity contribution in [3.05, 3.63) is 18.0 Å². The van der Waals surface area contributed by atoms with Gasteiger partial charge in [-0.15, -0.1) is 0 Å². The van der Waals surface area contributed by atoms with E-state index in [2.05, 4.69) is 4.74 Å². The SMILES string of the molecule is COC(=O)c1cc(N)cn1CCOCCO. The number of carbonyl (C=O) groups is 1. The van der Waals surface area contributed by atoms with E-state index in [4.69, 9.17) is 15.6 Å². The van der Waals surface area contributed by atoms with Crippen LogP contribution in [0.25, 0.3) is 0 Å². The lowest BCUT2D eigenvalue weighted by Crippen LogP contribution is -2.14. The molecule has 0 aliphatic carbocycles. The van der Waals surface area contributed by atoms with E-state index in [1.807, 2.05) is 0 Å². The van der Waals surface area contributed by atoms with Gasteiger partial charge in [0, 0.05) is 12.7 Å². The standard InChI is InChI=1S/C10H16N2O4/c1-15-10(14)9-6-8(11)7-12(9)2-4-16-5-3-13/h6-7,13H,2-5,11H2,1H3. The van der Waals surface area contributed by atoms with Gasteiger partial charge >= 0.3 is 5.97 Å². The average Bonchev–Trinajstić information content (AvgIpc) is 2.65. The molecular weight excluding hydrogens is 212 g/mol. The predicted molar refractivity (Wildman–Crippen MR) is 58.1 cm³/mol. The smallest absolute Gasteiger partial charge is 0.354 e. The van der Waals surface area contributed by atoms with Crippen LogP contribution >= 0.6 is 0 Å². The van der Waals surface area contributed by atoms with Gasteiger partial charge in [0.2, 0.25) is 0 Å². The number of aliphatic hydroxyl groups is 1. The molecule has 6 nitrogen and oxygen atoms in total. The van der Waals surface area contributed by atoms with Crippen molar-refractivity contribution >= 4 is 11.7 Å². The Kier molecular flexibility index (Phi) is 4.81. The van der Waals surface area contributed by atoms with Crippen LogP contribution in [0.5, 0.6) is 0 Å². The molecule has 0 aliphatic rings. The molecule has 0 saturated heterocycles. The summed E-state index contributed by atoms with van der Waals surface area (Å²) < 4.78 is 11.4. The van der Waals surface area contributed by atoms with Crippen LogP contribution in [0.2, 0.25) is 0 Å². The first-order valence-corrected chi connectivity index (χ1v) is 4.91. The number of rotatable bonds is 6. The molecule has 16 heavy (non-hydrogen) atoms. The zero-order valence-electron chi connectivity index (χ0n) is 9.18. The Balaban J connectivity index is 2.60. The van der Waals surface area contributed by atoms with Crippen LogP contribution in [0.3, 0.4) is 0 Å². The lowest BCUT2D eigenvalue weighted by molar-refractivity contribution is 0.0579. The third kappa shape index (κ3) is 3.25. The monoisotopic (exact) mass is 228 g/mol. The molecular formula is C10H16N2O4. The molecule has 90 valence electrons. The van der Waals surface area contributed by atoms with Crippen molar-refractivity contribution in [1.29, 1.82) is 0 Å². The van der Waals surface area contributed by atoms with Crippen LogP contribution < -0.4 is 5.73 Å². The van der Waals surface area contributed by atoms with E-state index in [0.29, 0.717) is 24.5 Å². The largest absolute Gasteiger partial charge is 0.464 e. The van der Waals surface area contributed by atoms with E-state index in [0.717, 1.165) is 0 Å². The Hall–Kier alpha value is -1.53. The molecule has 0 unspecified atom stereocenters. The first-order chi connectivity index (χ1) is 7.69. The second kappa shape index (κ2) is 6.14. The Morgan fingerprint density at radius 2 is 2.31 bits per heavy atom. The molecule has 1 heterocycles. The summed E-state index contributed by atoms with van der Waals surface area (Å²) in [6.07, 6.45) is 1.65. The molecule has 3 N–H and O–H groups in total. The highest BCUT2D eigenvalue weighted by Crippen LogP contribution is 2.11. The highest BCUT2D eigenvalue weighted by atomic mass is 16.5. The summed E-state index contributed by atoms with van der Waals surface area (Å²) in [5.74, 6) is -0.432. The lowest BCUT2D eigenvalue weighted by Gasteiger charge is -2.07. The summed E-state index contributed by atoms with van der Waals surface area (Å²) in [5.41, 5.74) is 6.49. The van der Waals surface area contributed by atoms with Crippen molar-refractivity contribution in [2.45, 2.75) is 6.54 Å². The number of aromatic nitrogens is 1. The van der Waals surface area contributed by atoms with Gasteiger partial charge in [0.05, 0.1) is 32.6 Å². The minimum Gasteiger partial charge on any atom is -0.464 e. The summed E-state index contributed by atoms with van der Waals surface area (Å²) in [6.45, 7) is 1.16. The van der Waals surface area contributed by atoms with Gasteiger partial charge in [-0.2, -0.15) is 0 Å². The minimum absolute atomic E-state index is 0.0162. The fourth-order valence-electron chi connectivity index (χ4n) is 1.32. The van der Waals surface area contributed by atoms with Gasteiger partial charge in [0.15, 0.2) is 0 Å². The highest BCUT2D eigenvalue weighted by Gasteiger charge is 2.12. The first-order valence-electron chi connectivity index (χ1n) is 4.91. The molecule has 0 fully saturated rings. The van der Waals surface area contributed by atoms with Crippen LogP contribution in [0.4, 0.5) is 5.69 Å². The number of hydrogen-bond donors (Lipinski definition) is 2. The maximum absolute atomic E-state index is 11.4. The van der Waals surface area contributed by atoms with Crippen molar-refractivity contribution in [3.8, 4) is 0 Å². The van der Waals surface area contributed by atoms with Gasteiger partial charge in [-0.05, 0) is 6.07 Å². The third-order valence-electron chi connectivity index (χ3n) is 2.02. The summed E-state index contributed by atoms with van der Waals surface area (Å²) >= 11 is 0. The van der Waals surface area contributed by atoms with E-state index < -0.39 is 5.97 Å². The molecule has 0 bridgehead atoms. The van der Waals surface area contributed by atoms with Gasteiger partial charge < -0.3 is 24.9 Å². The number of carbonyl (C=O) groups excluding carboxylic acids is 1. The number of nitrogens with two attached hydrogens (primary N) is 1. The Morgan fingerprint density at radius 1 is 1.56 bits per heavy atom. The second-order valence-corrected chi connectivity index (χ2v) is 3.18. The van der Waals surface area contributed by atoms with E-state index >= 15 is 0 Å². The van der Waals surface area contributed by atoms with Crippen molar-refractivity contribution in [2.24, 2.45) is 0 Å². The van der Waals surface area contributed by atoms with Gasteiger partial charge in [-0.25, -0.2) is 4.79 Å². The quantitative estimate of drug-likeness (QED) is 0.523. The van der Waals surface area contributed by atoms with E-state index in [1.54, 1.807) is 16.8 Å². The summed E-state index contributed by atoms with van der Waals surface area (Å²) in [5, 5.41) is 8.52. The van der Waals surface area contributed by atoms with Gasteiger partial charge in [-0.3, -0.25) is 0 Å². The number of hydrogen-bond acceptors (Lipinski definition) is 5. The van der Waals surface area contributed by atoms with Crippen molar-refractivity contribution in [2.75, 3.05) is 32.7 Å². The number of nitrogens with zero attached hydrogens (tertiary/aromatic N) is 1. The zero-order valence-corrected chi connectivity index (χ0v) is 9.18. The molecule has 0 amide bonds. The van der Waals surface area contributed by atoms with Crippen molar-refractivity contribution < 1.29 is 19.4 Å². The lowest BCUT2D eigenvalue weighted by atomic mass is 10.4. The maximum Gasteiger partial charge on any atom is 0.354 e. The molecule has 0 aromatic carbocycles. The number of methoxy groups -OCH3 is 1. The molecule has 1 rings (SSSR count). The summed E-state index contributed by atoms with van der Waals surface area (Å²) in [6, 6.07) is 1.55. The van der Waals surface area contributed by atoms with Crippen molar-refractivity contribution in [1.82, 2.24) is 4.57 Å². The Labute approximate surface area is 93.6 Å². The fourth-order valence-corrected chi connectivity index (χ4v) is 1.32. The molecule has 1 aromatic rings. The third-order valence-corrected chi connectivity index (χ3v) is 2.02. The Bertz CT molecular complexity index is 349. The normalized spacial score (nSPS) is 10.4. The molecule has 6 heteroatoms. The molecule has 0 spiro atoms. The predicted octanol–water partition coefficient (Wildman–Crippen LogP) is -0.134. The number of ether oxygens (including phenoxy) is 2. The number of nitrogen functional groups attached to an aromatic ring is 1. The molecule has 1 aromatic heterocycles. The minimum atomic E-state index is -0.432. The molecule has 0 aliphatic heterocycles. The summed E-state index contributed by atoms with van der Waals surface area (Å²) in [4.78, 5) is 11.4. The van der Waals surface area contributed by atoms with E-state index in [9.17, 15) is 4.79 Å². The van der Waals surface area contributed by atoms with Crippen LogP contribution in [-0.4, -0.2) is 42.6 Å². The zero-order chi connectivity index (χ0) is 12.0. The maximum atomic E-state index is 11.4. The molecule has 0 radical (unpaired) electrons. The topological polar surface area (TPSA) is 86.7 Å². The number of esters is 1. The molecule has 0 saturated carbocycles. The van der Waals surface area contributed by atoms with Gasteiger partial charge in [-0.1, -0.05) is 0 Å². The number of anilines is 1.